The van der Waals surface area contributed by atoms with Crippen molar-refractivity contribution in [2.75, 3.05) is 0 Å². The molecule has 3 aromatic rings. The smallest absolute Gasteiger partial charge is 0.1000 e. The molecular formula is C15H14OS2. The molecule has 0 spiro atoms. The molecule has 3 rings (SSSR count). The first kappa shape index (κ1) is 11.9. The van der Waals surface area contributed by atoms with Crippen LogP contribution in [0, 0.1) is 0 Å². The fourth-order valence-corrected chi connectivity index (χ4v) is 3.96. The summed E-state index contributed by atoms with van der Waals surface area (Å²) in [6, 6.07) is 12.4. The normalized spacial score (nSPS) is 14.8. The molecule has 1 unspecified atom stereocenters. The largest absolute Gasteiger partial charge is 0.384 e. The maximum Gasteiger partial charge on any atom is 0.1000 e. The average molecular weight is 274 g/mol. The van der Waals surface area contributed by atoms with Gasteiger partial charge >= 0.3 is 0 Å². The fraction of sp³-hybridized carbons (Fsp3) is 0.200. The Balaban J connectivity index is 1.97. The summed E-state index contributed by atoms with van der Waals surface area (Å²) < 4.78 is 1.29. The first-order valence-electron chi connectivity index (χ1n) is 5.88. The average Bonchev–Trinajstić information content (AvgIpc) is 2.99. The Morgan fingerprint density at radius 1 is 1.11 bits per heavy atom. The minimum atomic E-state index is -0.780. The SMILES string of the molecule is CC(O)(Cc1csc2ccccc12)c1cccs1. The van der Waals surface area contributed by atoms with Crippen molar-refractivity contribution in [3.8, 4) is 0 Å². The molecule has 2 aromatic heterocycles. The van der Waals surface area contributed by atoms with Crippen molar-refractivity contribution in [1.29, 1.82) is 0 Å². The van der Waals surface area contributed by atoms with Gasteiger partial charge in [-0.15, -0.1) is 22.7 Å². The van der Waals surface area contributed by atoms with Gasteiger partial charge in [-0.25, -0.2) is 0 Å². The lowest BCUT2D eigenvalue weighted by Crippen LogP contribution is -2.22. The third kappa shape index (κ3) is 2.09. The molecule has 0 bridgehead atoms. The van der Waals surface area contributed by atoms with Gasteiger partial charge in [0, 0.05) is 16.0 Å². The van der Waals surface area contributed by atoms with Crippen molar-refractivity contribution in [2.45, 2.75) is 18.9 Å². The standard InChI is InChI=1S/C15H14OS2/c1-15(16,14-7-4-8-17-14)9-11-10-18-13-6-3-2-5-12(11)13/h2-8,10,16H,9H2,1H3. The maximum atomic E-state index is 10.6. The van der Waals surface area contributed by atoms with E-state index in [2.05, 4.69) is 29.6 Å². The summed E-state index contributed by atoms with van der Waals surface area (Å²) >= 11 is 3.35. The molecule has 0 aliphatic rings. The highest BCUT2D eigenvalue weighted by molar-refractivity contribution is 7.17. The number of benzene rings is 1. The summed E-state index contributed by atoms with van der Waals surface area (Å²) in [5, 5.41) is 16.1. The van der Waals surface area contributed by atoms with Crippen LogP contribution in [-0.4, -0.2) is 5.11 Å². The molecule has 1 atom stereocenters. The number of thiophene rings is 2. The van der Waals surface area contributed by atoms with Crippen LogP contribution in [0.4, 0.5) is 0 Å². The van der Waals surface area contributed by atoms with Crippen LogP contribution < -0.4 is 0 Å². The second-order valence-corrected chi connectivity index (χ2v) is 6.54. The molecule has 0 aliphatic carbocycles. The lowest BCUT2D eigenvalue weighted by Gasteiger charge is -2.21. The van der Waals surface area contributed by atoms with Gasteiger partial charge in [-0.3, -0.25) is 0 Å². The molecule has 0 radical (unpaired) electrons. The molecule has 0 saturated heterocycles. The summed E-state index contributed by atoms with van der Waals surface area (Å²) in [7, 11) is 0. The third-order valence-corrected chi connectivity index (χ3v) is 5.28. The van der Waals surface area contributed by atoms with Crippen LogP contribution in [-0.2, 0) is 12.0 Å². The third-order valence-electron chi connectivity index (χ3n) is 3.15. The molecule has 1 nitrogen and oxygen atoms in total. The van der Waals surface area contributed by atoms with Crippen LogP contribution in [0.2, 0.25) is 0 Å². The van der Waals surface area contributed by atoms with Crippen molar-refractivity contribution in [1.82, 2.24) is 0 Å². The summed E-state index contributed by atoms with van der Waals surface area (Å²) in [6.07, 6.45) is 0.664. The number of aliphatic hydroxyl groups is 1. The van der Waals surface area contributed by atoms with Gasteiger partial charge in [-0.05, 0) is 40.8 Å². The van der Waals surface area contributed by atoms with Crippen molar-refractivity contribution >= 4 is 32.8 Å². The van der Waals surface area contributed by atoms with E-state index >= 15 is 0 Å². The van der Waals surface area contributed by atoms with Crippen LogP contribution in [0.5, 0.6) is 0 Å². The molecule has 0 aliphatic heterocycles. The summed E-state index contributed by atoms with van der Waals surface area (Å²) in [5.41, 5.74) is 0.451. The molecule has 0 amide bonds. The van der Waals surface area contributed by atoms with Crippen molar-refractivity contribution in [3.05, 3.63) is 57.6 Å². The van der Waals surface area contributed by atoms with E-state index in [1.165, 1.54) is 15.6 Å². The van der Waals surface area contributed by atoms with Crippen molar-refractivity contribution in [3.63, 3.8) is 0 Å². The zero-order valence-electron chi connectivity index (χ0n) is 10.1. The minimum Gasteiger partial charge on any atom is -0.384 e. The predicted molar refractivity (Wildman–Crippen MR) is 79.4 cm³/mol. The Kier molecular flexibility index (Phi) is 2.98. The van der Waals surface area contributed by atoms with Gasteiger partial charge in [0.25, 0.3) is 0 Å². The van der Waals surface area contributed by atoms with Crippen LogP contribution in [0.1, 0.15) is 17.4 Å². The van der Waals surface area contributed by atoms with E-state index in [0.29, 0.717) is 6.42 Å². The van der Waals surface area contributed by atoms with E-state index in [1.54, 1.807) is 22.7 Å². The molecule has 0 fully saturated rings. The molecule has 1 N–H and O–H groups in total. The predicted octanol–water partition coefficient (Wildman–Crippen LogP) is 4.41. The van der Waals surface area contributed by atoms with Crippen LogP contribution in [0.3, 0.4) is 0 Å². The van der Waals surface area contributed by atoms with Crippen LogP contribution >= 0.6 is 22.7 Å². The van der Waals surface area contributed by atoms with Crippen molar-refractivity contribution < 1.29 is 5.11 Å². The van der Waals surface area contributed by atoms with Crippen LogP contribution in [0.25, 0.3) is 10.1 Å². The Labute approximate surface area is 114 Å². The van der Waals surface area contributed by atoms with Gasteiger partial charge < -0.3 is 5.11 Å². The van der Waals surface area contributed by atoms with Gasteiger partial charge in [0.05, 0.1) is 5.60 Å². The van der Waals surface area contributed by atoms with E-state index in [-0.39, 0.29) is 0 Å². The minimum absolute atomic E-state index is 0.664. The molecule has 92 valence electrons. The second-order valence-electron chi connectivity index (χ2n) is 4.69. The highest BCUT2D eigenvalue weighted by Gasteiger charge is 2.25. The number of rotatable bonds is 3. The molecule has 0 saturated carbocycles. The topological polar surface area (TPSA) is 20.2 Å². The second kappa shape index (κ2) is 4.50. The quantitative estimate of drug-likeness (QED) is 0.750. The molecule has 18 heavy (non-hydrogen) atoms. The van der Waals surface area contributed by atoms with Gasteiger partial charge in [0.2, 0.25) is 0 Å². The highest BCUT2D eigenvalue weighted by Crippen LogP contribution is 2.33. The van der Waals surface area contributed by atoms with Gasteiger partial charge in [-0.1, -0.05) is 24.3 Å². The highest BCUT2D eigenvalue weighted by atomic mass is 32.1. The lowest BCUT2D eigenvalue weighted by molar-refractivity contribution is 0.0619. The summed E-state index contributed by atoms with van der Waals surface area (Å²) in [6.45, 7) is 1.89. The first-order valence-corrected chi connectivity index (χ1v) is 7.64. The molecule has 1 aromatic carbocycles. The number of fused-ring (bicyclic) bond motifs is 1. The van der Waals surface area contributed by atoms with E-state index in [9.17, 15) is 5.11 Å². The Bertz CT molecular complexity index is 650. The van der Waals surface area contributed by atoms with Crippen LogP contribution in [0.15, 0.2) is 47.2 Å². The first-order chi connectivity index (χ1) is 8.67. The molecule has 3 heteroatoms. The Morgan fingerprint density at radius 3 is 2.72 bits per heavy atom. The molecule has 2 heterocycles. The summed E-state index contributed by atoms with van der Waals surface area (Å²) in [4.78, 5) is 1.03. The maximum absolute atomic E-state index is 10.6. The monoisotopic (exact) mass is 274 g/mol. The fourth-order valence-electron chi connectivity index (χ4n) is 2.21. The van der Waals surface area contributed by atoms with Crippen molar-refractivity contribution in [2.24, 2.45) is 0 Å². The van der Waals surface area contributed by atoms with Gasteiger partial charge in [0.1, 0.15) is 0 Å². The van der Waals surface area contributed by atoms with Gasteiger partial charge in [-0.2, -0.15) is 0 Å². The zero-order valence-corrected chi connectivity index (χ0v) is 11.7. The van der Waals surface area contributed by atoms with E-state index in [4.69, 9.17) is 0 Å². The number of hydrogen-bond acceptors (Lipinski definition) is 3. The Morgan fingerprint density at radius 2 is 1.94 bits per heavy atom. The lowest BCUT2D eigenvalue weighted by atomic mass is 9.95. The van der Waals surface area contributed by atoms with E-state index in [1.807, 2.05) is 24.4 Å². The van der Waals surface area contributed by atoms with E-state index < -0.39 is 5.60 Å². The summed E-state index contributed by atoms with van der Waals surface area (Å²) in [5.74, 6) is 0. The number of hydrogen-bond donors (Lipinski definition) is 1. The van der Waals surface area contributed by atoms with Gasteiger partial charge in [0.15, 0.2) is 0 Å². The van der Waals surface area contributed by atoms with E-state index in [0.717, 1.165) is 4.88 Å². The molecular weight excluding hydrogens is 260 g/mol. The zero-order chi connectivity index (χ0) is 12.6. The Hall–Kier alpha value is -1.16.